The first-order valence-electron chi connectivity index (χ1n) is 2.04. The van der Waals surface area contributed by atoms with Crippen LogP contribution in [0.3, 0.4) is 0 Å². The zero-order valence-electron chi connectivity index (χ0n) is 4.42. The summed E-state index contributed by atoms with van der Waals surface area (Å²) in [5.74, 6) is 0. The van der Waals surface area contributed by atoms with Gasteiger partial charge in [-0.25, -0.2) is 0 Å². The molecule has 0 unspecified atom stereocenters. The Morgan fingerprint density at radius 2 is 0.800 bits per heavy atom. The van der Waals surface area contributed by atoms with E-state index in [1.165, 1.54) is 12.2 Å². The number of hydrogen-bond donors (Lipinski definition) is 0. The van der Waals surface area contributed by atoms with E-state index in [4.69, 9.17) is 69.6 Å². The maximum Gasteiger partial charge on any atom is 0.209 e. The SMILES string of the molecule is ClC(Cl)(Cl)/C=C\C(Cl)(Cl)Cl. The molecule has 0 N–H and O–H groups in total. The van der Waals surface area contributed by atoms with Crippen molar-refractivity contribution < 1.29 is 0 Å². The van der Waals surface area contributed by atoms with Crippen molar-refractivity contribution in [2.24, 2.45) is 0 Å². The highest BCUT2D eigenvalue weighted by Gasteiger charge is 2.20. The fourth-order valence-corrected chi connectivity index (χ4v) is 0.567. The number of allylic oxidation sites excluding steroid dienone is 2. The first-order valence-corrected chi connectivity index (χ1v) is 4.31. The Morgan fingerprint density at radius 1 is 0.600 bits per heavy atom. The fraction of sp³-hybridized carbons (Fsp3) is 0.500. The Kier molecular flexibility index (Phi) is 4.51. The molecule has 0 amide bonds. The van der Waals surface area contributed by atoms with Crippen LogP contribution in [-0.2, 0) is 0 Å². The molecule has 0 heterocycles. The van der Waals surface area contributed by atoms with Gasteiger partial charge in [-0.3, -0.25) is 0 Å². The Bertz CT molecular complexity index is 110. The highest BCUT2D eigenvalue weighted by molar-refractivity contribution is 6.70. The number of hydrogen-bond acceptors (Lipinski definition) is 0. The highest BCUT2D eigenvalue weighted by atomic mass is 35.6. The minimum absolute atomic E-state index is 1.17. The second-order valence-corrected chi connectivity index (χ2v) is 6.15. The van der Waals surface area contributed by atoms with E-state index in [1.54, 1.807) is 0 Å². The third kappa shape index (κ3) is 9.48. The molecular formula is C4H2Cl6. The molecule has 0 aliphatic heterocycles. The van der Waals surface area contributed by atoms with Gasteiger partial charge in [-0.05, 0) is 12.2 Å². The van der Waals surface area contributed by atoms with Gasteiger partial charge in [-0.1, -0.05) is 69.6 Å². The molecule has 0 aliphatic rings. The molecule has 0 saturated heterocycles. The molecule has 0 atom stereocenters. The van der Waals surface area contributed by atoms with Gasteiger partial charge in [0.15, 0.2) is 0 Å². The molecular weight excluding hydrogens is 261 g/mol. The minimum Gasteiger partial charge on any atom is -0.0791 e. The zero-order valence-corrected chi connectivity index (χ0v) is 8.96. The van der Waals surface area contributed by atoms with Crippen LogP contribution in [0, 0.1) is 0 Å². The summed E-state index contributed by atoms with van der Waals surface area (Å²) >= 11 is 31.8. The highest BCUT2D eigenvalue weighted by Crippen LogP contribution is 2.33. The zero-order chi connectivity index (χ0) is 8.41. The summed E-state index contributed by atoms with van der Waals surface area (Å²) in [6, 6.07) is 0. The first kappa shape index (κ1) is 11.5. The van der Waals surface area contributed by atoms with Gasteiger partial charge in [0.2, 0.25) is 7.59 Å². The van der Waals surface area contributed by atoms with Gasteiger partial charge in [-0.15, -0.1) is 0 Å². The van der Waals surface area contributed by atoms with Crippen LogP contribution in [0.5, 0.6) is 0 Å². The van der Waals surface area contributed by atoms with Crippen LogP contribution in [0.25, 0.3) is 0 Å². The summed E-state index contributed by atoms with van der Waals surface area (Å²) in [4.78, 5) is 0. The van der Waals surface area contributed by atoms with Gasteiger partial charge in [-0.2, -0.15) is 0 Å². The third-order valence-corrected chi connectivity index (χ3v) is 1.22. The normalized spacial score (nSPS) is 14.6. The van der Waals surface area contributed by atoms with Gasteiger partial charge < -0.3 is 0 Å². The summed E-state index contributed by atoms with van der Waals surface area (Å²) in [5.41, 5.74) is 0. The molecule has 0 rings (SSSR count). The van der Waals surface area contributed by atoms with E-state index in [1.807, 2.05) is 0 Å². The van der Waals surface area contributed by atoms with Crippen LogP contribution >= 0.6 is 69.6 Å². The van der Waals surface area contributed by atoms with E-state index in [0.717, 1.165) is 0 Å². The van der Waals surface area contributed by atoms with Crippen molar-refractivity contribution >= 4 is 69.6 Å². The summed E-state index contributed by atoms with van der Waals surface area (Å²) in [7, 11) is 0. The molecule has 0 bridgehead atoms. The molecule has 60 valence electrons. The smallest absolute Gasteiger partial charge is 0.0791 e. The van der Waals surface area contributed by atoms with Crippen molar-refractivity contribution in [3.8, 4) is 0 Å². The van der Waals surface area contributed by atoms with Crippen molar-refractivity contribution in [3.05, 3.63) is 12.2 Å². The van der Waals surface area contributed by atoms with E-state index in [2.05, 4.69) is 0 Å². The molecule has 0 spiro atoms. The molecule has 0 nitrogen and oxygen atoms in total. The minimum atomic E-state index is -1.51. The van der Waals surface area contributed by atoms with Crippen molar-refractivity contribution in [3.63, 3.8) is 0 Å². The second-order valence-electron chi connectivity index (χ2n) is 1.42. The van der Waals surface area contributed by atoms with E-state index >= 15 is 0 Å². The van der Waals surface area contributed by atoms with Gasteiger partial charge in [0.1, 0.15) is 0 Å². The largest absolute Gasteiger partial charge is 0.209 e. The molecule has 0 saturated carbocycles. The third-order valence-electron chi connectivity index (χ3n) is 0.461. The first-order chi connectivity index (χ1) is 4.21. The maximum absolute atomic E-state index is 5.31. The number of halogens is 6. The quantitative estimate of drug-likeness (QED) is 0.451. The van der Waals surface area contributed by atoms with Gasteiger partial charge in [0.25, 0.3) is 0 Å². The van der Waals surface area contributed by atoms with E-state index in [-0.39, 0.29) is 0 Å². The lowest BCUT2D eigenvalue weighted by molar-refractivity contribution is 1.37. The Balaban J connectivity index is 4.01. The van der Waals surface area contributed by atoms with E-state index in [9.17, 15) is 0 Å². The van der Waals surface area contributed by atoms with Gasteiger partial charge in [0.05, 0.1) is 0 Å². The predicted molar refractivity (Wildman–Crippen MR) is 49.7 cm³/mol. The van der Waals surface area contributed by atoms with Crippen molar-refractivity contribution in [1.82, 2.24) is 0 Å². The second kappa shape index (κ2) is 3.93. The van der Waals surface area contributed by atoms with Crippen LogP contribution < -0.4 is 0 Å². The lowest BCUT2D eigenvalue weighted by Gasteiger charge is -2.06. The van der Waals surface area contributed by atoms with Crippen LogP contribution in [0.2, 0.25) is 0 Å². The Labute approximate surface area is 89.0 Å². The van der Waals surface area contributed by atoms with Crippen LogP contribution in [0.4, 0.5) is 0 Å². The lowest BCUT2D eigenvalue weighted by Crippen LogP contribution is -2.00. The molecule has 6 heteroatoms. The van der Waals surface area contributed by atoms with Crippen LogP contribution in [-0.4, -0.2) is 7.59 Å². The Hall–Kier alpha value is 1.48. The topological polar surface area (TPSA) is 0 Å². The monoisotopic (exact) mass is 260 g/mol. The fourth-order valence-electron chi connectivity index (χ4n) is 0.189. The summed E-state index contributed by atoms with van der Waals surface area (Å²) in [5, 5.41) is 0. The lowest BCUT2D eigenvalue weighted by atomic mass is 10.6. The summed E-state index contributed by atoms with van der Waals surface area (Å²) in [6.07, 6.45) is 2.34. The van der Waals surface area contributed by atoms with Crippen molar-refractivity contribution in [1.29, 1.82) is 0 Å². The molecule has 0 aromatic carbocycles. The predicted octanol–water partition coefficient (Wildman–Crippen LogP) is 4.28. The van der Waals surface area contributed by atoms with Crippen LogP contribution in [0.15, 0.2) is 12.2 Å². The average molecular weight is 263 g/mol. The van der Waals surface area contributed by atoms with E-state index in [0.29, 0.717) is 0 Å². The molecule has 0 radical (unpaired) electrons. The average Bonchev–Trinajstić information content (AvgIpc) is 1.57. The summed E-state index contributed by atoms with van der Waals surface area (Å²) < 4.78 is -3.02. The molecule has 0 fully saturated rings. The van der Waals surface area contributed by atoms with E-state index < -0.39 is 7.59 Å². The standard InChI is InChI=1S/C4H2Cl6/c5-3(6,7)1-2-4(8,9)10/h1-2H/b2-1-. The van der Waals surface area contributed by atoms with Crippen LogP contribution in [0.1, 0.15) is 0 Å². The number of rotatable bonds is 0. The Morgan fingerprint density at radius 3 is 0.900 bits per heavy atom. The van der Waals surface area contributed by atoms with Crippen molar-refractivity contribution in [2.75, 3.05) is 0 Å². The van der Waals surface area contributed by atoms with Crippen molar-refractivity contribution in [2.45, 2.75) is 7.59 Å². The molecule has 0 aromatic rings. The van der Waals surface area contributed by atoms with Gasteiger partial charge in [0, 0.05) is 0 Å². The molecule has 10 heavy (non-hydrogen) atoms. The molecule has 0 aliphatic carbocycles. The van der Waals surface area contributed by atoms with Gasteiger partial charge >= 0.3 is 0 Å². The molecule has 0 aromatic heterocycles. The number of alkyl halides is 6. The summed E-state index contributed by atoms with van der Waals surface area (Å²) in [6.45, 7) is 0. The maximum atomic E-state index is 5.31.